The first-order valence-electron chi connectivity index (χ1n) is 6.83. The van der Waals surface area contributed by atoms with Crippen LogP contribution in [-0.2, 0) is 4.74 Å². The number of hydrogen-bond acceptors (Lipinski definition) is 4. The SMILES string of the molecule is CC(C)(C)OC(=O)N1CCC(Oc2cccc(N)c2)C1. The number of ether oxygens (including phenoxy) is 2. The van der Waals surface area contributed by atoms with Gasteiger partial charge < -0.3 is 20.1 Å². The standard InChI is InChI=1S/C15H22N2O3/c1-15(2,3)20-14(18)17-8-7-13(10-17)19-12-6-4-5-11(16)9-12/h4-6,9,13H,7-8,10,16H2,1-3H3. The second-order valence-corrected chi connectivity index (χ2v) is 6.03. The molecule has 1 heterocycles. The fourth-order valence-corrected chi connectivity index (χ4v) is 2.10. The summed E-state index contributed by atoms with van der Waals surface area (Å²) < 4.78 is 11.2. The Morgan fingerprint density at radius 1 is 1.40 bits per heavy atom. The zero-order valence-electron chi connectivity index (χ0n) is 12.3. The predicted molar refractivity (Wildman–Crippen MR) is 77.7 cm³/mol. The normalized spacial score (nSPS) is 18.9. The minimum absolute atomic E-state index is 0.00989. The van der Waals surface area contributed by atoms with Crippen molar-refractivity contribution in [2.45, 2.75) is 38.9 Å². The molecule has 5 heteroatoms. The molecule has 1 unspecified atom stereocenters. The van der Waals surface area contributed by atoms with E-state index in [1.54, 1.807) is 11.0 Å². The van der Waals surface area contributed by atoms with Gasteiger partial charge in [0.05, 0.1) is 6.54 Å². The number of benzene rings is 1. The molecule has 5 nitrogen and oxygen atoms in total. The van der Waals surface area contributed by atoms with Crippen LogP contribution in [0.4, 0.5) is 10.5 Å². The molecule has 0 radical (unpaired) electrons. The Morgan fingerprint density at radius 3 is 2.80 bits per heavy atom. The van der Waals surface area contributed by atoms with Crippen molar-refractivity contribution in [3.05, 3.63) is 24.3 Å². The van der Waals surface area contributed by atoms with E-state index < -0.39 is 5.60 Å². The van der Waals surface area contributed by atoms with Crippen molar-refractivity contribution in [3.8, 4) is 5.75 Å². The van der Waals surface area contributed by atoms with Crippen LogP contribution in [0.2, 0.25) is 0 Å². The van der Waals surface area contributed by atoms with Crippen molar-refractivity contribution in [2.24, 2.45) is 0 Å². The van der Waals surface area contributed by atoms with Crippen molar-refractivity contribution in [2.75, 3.05) is 18.8 Å². The highest BCUT2D eigenvalue weighted by Crippen LogP contribution is 2.21. The van der Waals surface area contributed by atoms with Gasteiger partial charge in [0.15, 0.2) is 0 Å². The van der Waals surface area contributed by atoms with Crippen LogP contribution in [0.15, 0.2) is 24.3 Å². The van der Waals surface area contributed by atoms with Gasteiger partial charge in [-0.25, -0.2) is 4.79 Å². The zero-order chi connectivity index (χ0) is 14.8. The van der Waals surface area contributed by atoms with Crippen molar-refractivity contribution in [1.29, 1.82) is 0 Å². The first kappa shape index (κ1) is 14.5. The third kappa shape index (κ3) is 4.05. The van der Waals surface area contributed by atoms with Crippen LogP contribution in [0.3, 0.4) is 0 Å². The van der Waals surface area contributed by atoms with Gasteiger partial charge in [-0.15, -0.1) is 0 Å². The Kier molecular flexibility index (Phi) is 4.06. The van der Waals surface area contributed by atoms with E-state index >= 15 is 0 Å². The van der Waals surface area contributed by atoms with E-state index in [0.29, 0.717) is 18.8 Å². The summed E-state index contributed by atoms with van der Waals surface area (Å²) in [5.41, 5.74) is 5.92. The Balaban J connectivity index is 1.88. The van der Waals surface area contributed by atoms with Gasteiger partial charge >= 0.3 is 6.09 Å². The largest absolute Gasteiger partial charge is 0.488 e. The van der Waals surface area contributed by atoms with Crippen LogP contribution < -0.4 is 10.5 Å². The van der Waals surface area contributed by atoms with E-state index in [0.717, 1.165) is 12.2 Å². The smallest absolute Gasteiger partial charge is 0.410 e. The van der Waals surface area contributed by atoms with Crippen LogP contribution in [0.5, 0.6) is 5.75 Å². The molecule has 0 bridgehead atoms. The first-order valence-corrected chi connectivity index (χ1v) is 6.83. The number of hydrogen-bond donors (Lipinski definition) is 1. The topological polar surface area (TPSA) is 64.8 Å². The van der Waals surface area contributed by atoms with Crippen LogP contribution in [0, 0.1) is 0 Å². The number of nitrogens with zero attached hydrogens (tertiary/aromatic N) is 1. The summed E-state index contributed by atoms with van der Waals surface area (Å²) in [5, 5.41) is 0. The number of anilines is 1. The summed E-state index contributed by atoms with van der Waals surface area (Å²) in [6, 6.07) is 7.32. The fourth-order valence-electron chi connectivity index (χ4n) is 2.10. The monoisotopic (exact) mass is 278 g/mol. The minimum atomic E-state index is -0.468. The zero-order valence-corrected chi connectivity index (χ0v) is 12.3. The minimum Gasteiger partial charge on any atom is -0.488 e. The molecule has 0 spiro atoms. The maximum absolute atomic E-state index is 11.9. The van der Waals surface area contributed by atoms with Crippen LogP contribution in [0.1, 0.15) is 27.2 Å². The lowest BCUT2D eigenvalue weighted by molar-refractivity contribution is 0.0275. The number of carbonyl (C=O) groups is 1. The molecule has 1 aliphatic heterocycles. The summed E-state index contributed by atoms with van der Waals surface area (Å²) in [6.07, 6.45) is 0.508. The summed E-state index contributed by atoms with van der Waals surface area (Å²) in [7, 11) is 0. The molecule has 0 aromatic heterocycles. The number of likely N-dealkylation sites (tertiary alicyclic amines) is 1. The molecule has 1 aromatic rings. The van der Waals surface area contributed by atoms with Gasteiger partial charge in [-0.2, -0.15) is 0 Å². The van der Waals surface area contributed by atoms with Gasteiger partial charge in [0.25, 0.3) is 0 Å². The molecule has 2 N–H and O–H groups in total. The van der Waals surface area contributed by atoms with Crippen LogP contribution in [0.25, 0.3) is 0 Å². The average molecular weight is 278 g/mol. The van der Waals surface area contributed by atoms with E-state index in [4.69, 9.17) is 15.2 Å². The number of rotatable bonds is 2. The fraction of sp³-hybridized carbons (Fsp3) is 0.533. The lowest BCUT2D eigenvalue weighted by Crippen LogP contribution is -2.36. The highest BCUT2D eigenvalue weighted by atomic mass is 16.6. The lowest BCUT2D eigenvalue weighted by atomic mass is 10.2. The quantitative estimate of drug-likeness (QED) is 0.845. The highest BCUT2D eigenvalue weighted by Gasteiger charge is 2.30. The van der Waals surface area contributed by atoms with Crippen LogP contribution in [-0.4, -0.2) is 35.8 Å². The Labute approximate surface area is 119 Å². The van der Waals surface area contributed by atoms with Gasteiger partial charge in [-0.1, -0.05) is 6.07 Å². The third-order valence-electron chi connectivity index (χ3n) is 2.96. The molecular formula is C15H22N2O3. The molecule has 1 aromatic carbocycles. The summed E-state index contributed by atoms with van der Waals surface area (Å²) in [4.78, 5) is 13.6. The molecule has 1 amide bonds. The summed E-state index contributed by atoms with van der Waals surface area (Å²) in [6.45, 7) is 6.79. The molecule has 2 rings (SSSR count). The Bertz CT molecular complexity index is 482. The number of nitrogens with two attached hydrogens (primary N) is 1. The second kappa shape index (κ2) is 5.61. The molecule has 1 fully saturated rings. The Morgan fingerprint density at radius 2 is 2.15 bits per heavy atom. The van der Waals surface area contributed by atoms with E-state index in [2.05, 4.69) is 0 Å². The van der Waals surface area contributed by atoms with Crippen molar-refractivity contribution >= 4 is 11.8 Å². The molecule has 1 aliphatic rings. The molecule has 0 aliphatic carbocycles. The van der Waals surface area contributed by atoms with E-state index in [9.17, 15) is 4.79 Å². The van der Waals surface area contributed by atoms with Crippen LogP contribution >= 0.6 is 0 Å². The molecule has 1 saturated heterocycles. The van der Waals surface area contributed by atoms with Gasteiger partial charge in [0, 0.05) is 24.7 Å². The van der Waals surface area contributed by atoms with Gasteiger partial charge in [0.1, 0.15) is 17.5 Å². The van der Waals surface area contributed by atoms with Gasteiger partial charge in [0.2, 0.25) is 0 Å². The Hall–Kier alpha value is -1.91. The van der Waals surface area contributed by atoms with Gasteiger partial charge in [-0.05, 0) is 32.9 Å². The number of nitrogen functional groups attached to an aromatic ring is 1. The predicted octanol–water partition coefficient (Wildman–Crippen LogP) is 2.66. The van der Waals surface area contributed by atoms with Gasteiger partial charge in [-0.3, -0.25) is 0 Å². The molecule has 0 saturated carbocycles. The first-order chi connectivity index (χ1) is 9.33. The molecule has 110 valence electrons. The lowest BCUT2D eigenvalue weighted by Gasteiger charge is -2.24. The van der Waals surface area contributed by atoms with Crippen molar-refractivity contribution in [1.82, 2.24) is 4.90 Å². The summed E-state index contributed by atoms with van der Waals surface area (Å²) in [5.74, 6) is 0.737. The molecule has 1 atom stereocenters. The molecular weight excluding hydrogens is 256 g/mol. The number of carbonyl (C=O) groups excluding carboxylic acids is 1. The average Bonchev–Trinajstić information content (AvgIpc) is 2.75. The maximum Gasteiger partial charge on any atom is 0.410 e. The second-order valence-electron chi connectivity index (χ2n) is 6.03. The third-order valence-corrected chi connectivity index (χ3v) is 2.96. The summed E-state index contributed by atoms with van der Waals surface area (Å²) >= 11 is 0. The van der Waals surface area contributed by atoms with Crippen molar-refractivity contribution in [3.63, 3.8) is 0 Å². The van der Waals surface area contributed by atoms with E-state index in [1.807, 2.05) is 39.0 Å². The molecule has 20 heavy (non-hydrogen) atoms. The number of amides is 1. The highest BCUT2D eigenvalue weighted by molar-refractivity contribution is 5.68. The van der Waals surface area contributed by atoms with E-state index in [-0.39, 0.29) is 12.2 Å². The van der Waals surface area contributed by atoms with Crippen molar-refractivity contribution < 1.29 is 14.3 Å². The maximum atomic E-state index is 11.9. The van der Waals surface area contributed by atoms with E-state index in [1.165, 1.54) is 0 Å².